The first-order valence-corrected chi connectivity index (χ1v) is 26.7. The number of ether oxygens (including phenoxy) is 7. The Labute approximate surface area is 408 Å². The zero-order chi connectivity index (χ0) is 49.3. The quantitative estimate of drug-likeness (QED) is 0.0995. The van der Waals surface area contributed by atoms with E-state index in [1.807, 2.05) is 20.8 Å². The standard InChI is InChI=1S/C55H77NO13/c1-9-51(6,48(62)69-55(11-12-56)35-18-30-14-31(20-35)21-36(55)19-30)28-53(8,47(61)67-40-22-39-41-37(42(40)65-39)26-64-44(41)58)29-52(7,46(60)66-38-10-13-63-43(38)57)27-49(2,3)45(59)68-50(4,5)54-23-32-15-33(24-54)17-34(16-32)25-54/h30-42H,9-11,13-29H2,1-8H3. The number of carbonyl (C=O) groups is 6. The fraction of sp³-hybridized carbons (Fsp3) is 0.873. The van der Waals surface area contributed by atoms with E-state index < -0.39 is 93.0 Å². The summed E-state index contributed by atoms with van der Waals surface area (Å²) in [6, 6.07) is 2.39. The number of esters is 6. The summed E-state index contributed by atoms with van der Waals surface area (Å²) >= 11 is 0. The van der Waals surface area contributed by atoms with Gasteiger partial charge in [-0.3, -0.25) is 24.0 Å². The number of fused-ring (bicyclic) bond motifs is 5. The number of hydrogen-bond donors (Lipinski definition) is 0. The van der Waals surface area contributed by atoms with Crippen molar-refractivity contribution in [2.45, 2.75) is 207 Å². The number of cyclic esters (lactones) is 2. The van der Waals surface area contributed by atoms with Gasteiger partial charge in [0.1, 0.15) is 23.4 Å². The maximum Gasteiger partial charge on any atom is 0.347 e. The lowest BCUT2D eigenvalue weighted by Gasteiger charge is -2.61. The van der Waals surface area contributed by atoms with Gasteiger partial charge in [-0.25, -0.2) is 4.79 Å². The van der Waals surface area contributed by atoms with Crippen molar-refractivity contribution in [1.29, 1.82) is 5.26 Å². The van der Waals surface area contributed by atoms with Crippen LogP contribution in [0.2, 0.25) is 0 Å². The predicted octanol–water partition coefficient (Wildman–Crippen LogP) is 8.53. The topological polar surface area (TPSA) is 191 Å². The highest BCUT2D eigenvalue weighted by Gasteiger charge is 2.65. The number of rotatable bonds is 17. The Bertz CT molecular complexity index is 2110. The van der Waals surface area contributed by atoms with E-state index in [1.165, 1.54) is 25.7 Å². The average Bonchev–Trinajstić information content (AvgIpc) is 4.05. The third-order valence-corrected chi connectivity index (χ3v) is 20.6. The lowest BCUT2D eigenvalue weighted by atomic mass is 9.46. The van der Waals surface area contributed by atoms with Crippen LogP contribution in [0.25, 0.3) is 0 Å². The lowest BCUT2D eigenvalue weighted by Crippen LogP contribution is -2.60. The molecule has 14 heteroatoms. The molecule has 380 valence electrons. The number of hydrogen-bond acceptors (Lipinski definition) is 14. The average molecular weight is 960 g/mol. The molecule has 0 N–H and O–H groups in total. The summed E-state index contributed by atoms with van der Waals surface area (Å²) < 4.78 is 42.9. The van der Waals surface area contributed by atoms with Gasteiger partial charge in [-0.05, 0) is 174 Å². The Morgan fingerprint density at radius 3 is 1.81 bits per heavy atom. The van der Waals surface area contributed by atoms with Crippen molar-refractivity contribution in [2.24, 2.45) is 80.3 Å². The van der Waals surface area contributed by atoms with Crippen molar-refractivity contribution in [1.82, 2.24) is 0 Å². The van der Waals surface area contributed by atoms with Crippen LogP contribution >= 0.6 is 0 Å². The number of carbonyl (C=O) groups excluding carboxylic acids is 6. The molecule has 12 rings (SSSR count). The molecule has 9 atom stereocenters. The molecule has 12 aliphatic rings. The Morgan fingerprint density at radius 2 is 1.25 bits per heavy atom. The van der Waals surface area contributed by atoms with E-state index in [1.54, 1.807) is 34.6 Å². The summed E-state index contributed by atoms with van der Waals surface area (Å²) in [6.07, 6.45) is 9.14. The Hall–Kier alpha value is -3.73. The second kappa shape index (κ2) is 16.9. The summed E-state index contributed by atoms with van der Waals surface area (Å²) in [4.78, 5) is 86.0. The van der Waals surface area contributed by atoms with Gasteiger partial charge in [0.25, 0.3) is 0 Å². The third-order valence-electron chi connectivity index (χ3n) is 20.6. The third kappa shape index (κ3) is 8.21. The Morgan fingerprint density at radius 1 is 0.681 bits per heavy atom. The maximum atomic E-state index is 15.4. The molecule has 12 fully saturated rings. The highest BCUT2D eigenvalue weighted by Crippen LogP contribution is 2.65. The molecule has 8 aliphatic carbocycles. The molecule has 0 aromatic heterocycles. The van der Waals surface area contributed by atoms with Gasteiger partial charge in [-0.15, -0.1) is 0 Å². The highest BCUT2D eigenvalue weighted by molar-refractivity contribution is 5.86. The maximum absolute atomic E-state index is 15.4. The predicted molar refractivity (Wildman–Crippen MR) is 246 cm³/mol. The van der Waals surface area contributed by atoms with Crippen molar-refractivity contribution < 1.29 is 61.9 Å². The zero-order valence-corrected chi connectivity index (χ0v) is 42.4. The van der Waals surface area contributed by atoms with E-state index in [-0.39, 0.29) is 80.9 Å². The van der Waals surface area contributed by atoms with Crippen LogP contribution in [0.5, 0.6) is 0 Å². The molecule has 0 amide bonds. The highest BCUT2D eigenvalue weighted by atomic mass is 16.6. The normalized spacial score (nSPS) is 41.5. The summed E-state index contributed by atoms with van der Waals surface area (Å²) in [6.45, 7) is 14.9. The minimum Gasteiger partial charge on any atom is -0.465 e. The molecule has 0 radical (unpaired) electrons. The fourth-order valence-corrected chi connectivity index (χ4v) is 17.6. The molecular formula is C55H77NO13. The summed E-state index contributed by atoms with van der Waals surface area (Å²) in [5, 5.41) is 10.3. The van der Waals surface area contributed by atoms with Gasteiger partial charge >= 0.3 is 35.8 Å². The van der Waals surface area contributed by atoms with Crippen LogP contribution in [0.4, 0.5) is 0 Å². The molecule has 4 heterocycles. The monoisotopic (exact) mass is 960 g/mol. The lowest BCUT2D eigenvalue weighted by molar-refractivity contribution is -0.218. The van der Waals surface area contributed by atoms with Crippen molar-refractivity contribution in [3.8, 4) is 6.07 Å². The molecule has 8 saturated carbocycles. The van der Waals surface area contributed by atoms with E-state index >= 15 is 14.4 Å². The van der Waals surface area contributed by atoms with E-state index in [9.17, 15) is 19.6 Å². The minimum atomic E-state index is -1.63. The SMILES string of the molecule is CCC(C)(CC(C)(CC(C)(CC(C)(C)C(=O)OC(C)(C)C12CC3CC(CC(C3)C1)C2)C(=O)OC1CCOC1=O)C(=O)OC1CC2OC1C1COC(=O)C21)C(=O)OC1(CC#N)C2CC3CC(C2)CC1C3. The van der Waals surface area contributed by atoms with Gasteiger partial charge < -0.3 is 33.2 Å². The van der Waals surface area contributed by atoms with E-state index in [0.29, 0.717) is 36.0 Å². The van der Waals surface area contributed by atoms with E-state index in [4.69, 9.17) is 33.2 Å². The van der Waals surface area contributed by atoms with Gasteiger partial charge in [0.15, 0.2) is 0 Å². The molecule has 10 bridgehead atoms. The first-order chi connectivity index (χ1) is 32.4. The van der Waals surface area contributed by atoms with Crippen molar-refractivity contribution in [3.05, 3.63) is 0 Å². The van der Waals surface area contributed by atoms with Crippen LogP contribution in [0, 0.1) is 91.7 Å². The molecule has 69 heavy (non-hydrogen) atoms. The first kappa shape index (κ1) is 48.9. The largest absolute Gasteiger partial charge is 0.465 e. The fourth-order valence-electron chi connectivity index (χ4n) is 17.6. The van der Waals surface area contributed by atoms with E-state index in [0.717, 1.165) is 44.9 Å². The summed E-state index contributed by atoms with van der Waals surface area (Å²) in [5.41, 5.74) is -7.68. The van der Waals surface area contributed by atoms with Crippen LogP contribution in [-0.4, -0.2) is 84.6 Å². The van der Waals surface area contributed by atoms with Crippen LogP contribution in [0.3, 0.4) is 0 Å². The molecule has 0 spiro atoms. The molecular weight excluding hydrogens is 883 g/mol. The van der Waals surface area contributed by atoms with Crippen molar-refractivity contribution in [3.63, 3.8) is 0 Å². The molecule has 4 saturated heterocycles. The van der Waals surface area contributed by atoms with Crippen LogP contribution < -0.4 is 0 Å². The van der Waals surface area contributed by atoms with E-state index in [2.05, 4.69) is 6.07 Å². The van der Waals surface area contributed by atoms with Crippen molar-refractivity contribution in [2.75, 3.05) is 13.2 Å². The van der Waals surface area contributed by atoms with Gasteiger partial charge in [0, 0.05) is 36.0 Å². The Kier molecular flexibility index (Phi) is 12.0. The molecule has 9 unspecified atom stereocenters. The van der Waals surface area contributed by atoms with Gasteiger partial charge in [-0.2, -0.15) is 5.26 Å². The smallest absolute Gasteiger partial charge is 0.347 e. The minimum absolute atomic E-state index is 0.0816. The van der Waals surface area contributed by atoms with Crippen LogP contribution in [-0.2, 0) is 61.9 Å². The van der Waals surface area contributed by atoms with Gasteiger partial charge in [0.05, 0.1) is 59.4 Å². The number of nitriles is 1. The second-order valence-electron chi connectivity index (χ2n) is 26.5. The molecule has 14 nitrogen and oxygen atoms in total. The molecule has 4 aliphatic heterocycles. The summed E-state index contributed by atoms with van der Waals surface area (Å²) in [7, 11) is 0. The molecule has 0 aromatic carbocycles. The van der Waals surface area contributed by atoms with Crippen LogP contribution in [0.1, 0.15) is 171 Å². The van der Waals surface area contributed by atoms with Crippen molar-refractivity contribution >= 4 is 35.8 Å². The number of nitrogens with zero attached hydrogens (tertiary/aromatic N) is 1. The van der Waals surface area contributed by atoms with Crippen LogP contribution in [0.15, 0.2) is 0 Å². The zero-order valence-electron chi connectivity index (χ0n) is 42.4. The second-order valence-corrected chi connectivity index (χ2v) is 26.5. The van der Waals surface area contributed by atoms with Gasteiger partial charge in [-0.1, -0.05) is 6.92 Å². The Balaban J connectivity index is 0.964. The summed E-state index contributed by atoms with van der Waals surface area (Å²) in [5.74, 6) is -0.846. The van der Waals surface area contributed by atoms with Gasteiger partial charge in [0.2, 0.25) is 6.10 Å². The first-order valence-electron chi connectivity index (χ1n) is 26.7. The molecule has 0 aromatic rings.